The molecule has 108 valence electrons. The Morgan fingerprint density at radius 3 is 2.35 bits per heavy atom. The van der Waals surface area contributed by atoms with E-state index in [9.17, 15) is 9.59 Å². The SMILES string of the molecule is CC(C)C(=O)N1CCN(C(=O)c2ccnc(Br)c2)CC1. The Hall–Kier alpha value is -1.43. The first kappa shape index (κ1) is 15.0. The second kappa shape index (κ2) is 6.35. The van der Waals surface area contributed by atoms with Crippen LogP contribution in [-0.2, 0) is 4.79 Å². The average molecular weight is 340 g/mol. The highest BCUT2D eigenvalue weighted by Gasteiger charge is 2.25. The van der Waals surface area contributed by atoms with Gasteiger partial charge in [-0.05, 0) is 28.1 Å². The van der Waals surface area contributed by atoms with Crippen LogP contribution in [0.15, 0.2) is 22.9 Å². The van der Waals surface area contributed by atoms with Gasteiger partial charge in [0.05, 0.1) is 0 Å². The van der Waals surface area contributed by atoms with E-state index in [0.717, 1.165) is 0 Å². The highest BCUT2D eigenvalue weighted by Crippen LogP contribution is 2.13. The van der Waals surface area contributed by atoms with Crippen molar-refractivity contribution in [2.24, 2.45) is 5.92 Å². The fraction of sp³-hybridized carbons (Fsp3) is 0.500. The molecule has 2 rings (SSSR count). The van der Waals surface area contributed by atoms with Gasteiger partial charge < -0.3 is 9.80 Å². The van der Waals surface area contributed by atoms with Crippen LogP contribution in [0.3, 0.4) is 0 Å². The van der Waals surface area contributed by atoms with Gasteiger partial charge in [-0.15, -0.1) is 0 Å². The molecule has 0 aromatic carbocycles. The summed E-state index contributed by atoms with van der Waals surface area (Å²) in [5.74, 6) is 0.155. The molecule has 5 nitrogen and oxygen atoms in total. The van der Waals surface area contributed by atoms with Crippen molar-refractivity contribution in [3.05, 3.63) is 28.5 Å². The summed E-state index contributed by atoms with van der Waals surface area (Å²) in [5.41, 5.74) is 0.621. The number of carbonyl (C=O) groups is 2. The maximum atomic E-state index is 12.3. The lowest BCUT2D eigenvalue weighted by Crippen LogP contribution is -2.51. The summed E-state index contributed by atoms with van der Waals surface area (Å²) >= 11 is 3.26. The Labute approximate surface area is 127 Å². The Morgan fingerprint density at radius 1 is 1.20 bits per heavy atom. The zero-order valence-electron chi connectivity index (χ0n) is 11.7. The first-order valence-electron chi connectivity index (χ1n) is 6.68. The maximum Gasteiger partial charge on any atom is 0.254 e. The van der Waals surface area contributed by atoms with Gasteiger partial charge in [0.25, 0.3) is 5.91 Å². The van der Waals surface area contributed by atoms with E-state index in [1.54, 1.807) is 23.2 Å². The minimum Gasteiger partial charge on any atom is -0.339 e. The number of hydrogen-bond acceptors (Lipinski definition) is 3. The van der Waals surface area contributed by atoms with Crippen LogP contribution in [0.2, 0.25) is 0 Å². The fourth-order valence-corrected chi connectivity index (χ4v) is 2.58. The van der Waals surface area contributed by atoms with Crippen LogP contribution in [-0.4, -0.2) is 52.8 Å². The highest BCUT2D eigenvalue weighted by atomic mass is 79.9. The maximum absolute atomic E-state index is 12.3. The first-order valence-corrected chi connectivity index (χ1v) is 7.48. The molecule has 0 spiro atoms. The molecule has 1 fully saturated rings. The standard InChI is InChI=1S/C14H18BrN3O2/c1-10(2)13(19)17-5-7-18(8-6-17)14(20)11-3-4-16-12(15)9-11/h3-4,9-10H,5-8H2,1-2H3. The number of aromatic nitrogens is 1. The molecule has 0 bridgehead atoms. The molecule has 1 aromatic rings. The van der Waals surface area contributed by atoms with Crippen LogP contribution in [0.5, 0.6) is 0 Å². The van der Waals surface area contributed by atoms with Crippen molar-refractivity contribution in [1.29, 1.82) is 0 Å². The zero-order valence-corrected chi connectivity index (χ0v) is 13.3. The van der Waals surface area contributed by atoms with E-state index in [1.165, 1.54) is 0 Å². The molecule has 0 atom stereocenters. The summed E-state index contributed by atoms with van der Waals surface area (Å²) in [7, 11) is 0. The Balaban J connectivity index is 1.97. The van der Waals surface area contributed by atoms with Crippen LogP contribution < -0.4 is 0 Å². The van der Waals surface area contributed by atoms with Crippen molar-refractivity contribution in [1.82, 2.24) is 14.8 Å². The summed E-state index contributed by atoms with van der Waals surface area (Å²) in [4.78, 5) is 31.9. The topological polar surface area (TPSA) is 53.5 Å². The Kier molecular flexibility index (Phi) is 4.75. The molecule has 1 aliphatic rings. The van der Waals surface area contributed by atoms with E-state index >= 15 is 0 Å². The fourth-order valence-electron chi connectivity index (χ4n) is 2.21. The van der Waals surface area contributed by atoms with Gasteiger partial charge in [0.15, 0.2) is 0 Å². The Bertz CT molecular complexity index is 511. The average Bonchev–Trinajstić information content (AvgIpc) is 2.46. The predicted octanol–water partition coefficient (Wildman–Crippen LogP) is 1.78. The lowest BCUT2D eigenvalue weighted by Gasteiger charge is -2.35. The van der Waals surface area contributed by atoms with E-state index in [0.29, 0.717) is 36.3 Å². The monoisotopic (exact) mass is 339 g/mol. The van der Waals surface area contributed by atoms with Gasteiger partial charge in [0, 0.05) is 43.9 Å². The molecule has 0 N–H and O–H groups in total. The van der Waals surface area contributed by atoms with Crippen LogP contribution in [0.25, 0.3) is 0 Å². The number of halogens is 1. The molecular weight excluding hydrogens is 322 g/mol. The first-order chi connectivity index (χ1) is 9.49. The van der Waals surface area contributed by atoms with Crippen molar-refractivity contribution in [2.45, 2.75) is 13.8 Å². The minimum atomic E-state index is -0.00949. The molecule has 0 aliphatic carbocycles. The van der Waals surface area contributed by atoms with Gasteiger partial charge in [-0.2, -0.15) is 0 Å². The number of hydrogen-bond donors (Lipinski definition) is 0. The predicted molar refractivity (Wildman–Crippen MR) is 79.3 cm³/mol. The van der Waals surface area contributed by atoms with E-state index in [4.69, 9.17) is 0 Å². The second-order valence-corrected chi connectivity index (χ2v) is 5.95. The van der Waals surface area contributed by atoms with E-state index in [-0.39, 0.29) is 17.7 Å². The number of nitrogens with zero attached hydrogens (tertiary/aromatic N) is 3. The number of amides is 2. The van der Waals surface area contributed by atoms with Crippen LogP contribution >= 0.6 is 15.9 Å². The van der Waals surface area contributed by atoms with E-state index < -0.39 is 0 Å². The summed E-state index contributed by atoms with van der Waals surface area (Å²) in [6.45, 7) is 6.17. The van der Waals surface area contributed by atoms with Gasteiger partial charge in [-0.25, -0.2) is 4.98 Å². The van der Waals surface area contributed by atoms with Crippen LogP contribution in [0.1, 0.15) is 24.2 Å². The number of carbonyl (C=O) groups excluding carboxylic acids is 2. The molecule has 6 heteroatoms. The molecule has 0 unspecified atom stereocenters. The summed E-state index contributed by atoms with van der Waals surface area (Å²) in [6.07, 6.45) is 1.61. The van der Waals surface area contributed by atoms with Gasteiger partial charge in [0.1, 0.15) is 4.60 Å². The highest BCUT2D eigenvalue weighted by molar-refractivity contribution is 9.10. The van der Waals surface area contributed by atoms with Crippen molar-refractivity contribution in [3.63, 3.8) is 0 Å². The van der Waals surface area contributed by atoms with E-state index in [1.807, 2.05) is 18.7 Å². The molecule has 0 radical (unpaired) electrons. The smallest absolute Gasteiger partial charge is 0.254 e. The molecule has 2 amide bonds. The molecule has 2 heterocycles. The lowest BCUT2D eigenvalue weighted by molar-refractivity contribution is -0.135. The quantitative estimate of drug-likeness (QED) is 0.772. The van der Waals surface area contributed by atoms with Gasteiger partial charge in [-0.1, -0.05) is 13.8 Å². The van der Waals surface area contributed by atoms with Gasteiger partial charge in [-0.3, -0.25) is 9.59 Å². The molecule has 1 saturated heterocycles. The minimum absolute atomic E-state index is 0.00778. The zero-order chi connectivity index (χ0) is 14.7. The summed E-state index contributed by atoms with van der Waals surface area (Å²) in [6, 6.07) is 3.42. The van der Waals surface area contributed by atoms with E-state index in [2.05, 4.69) is 20.9 Å². The molecule has 1 aromatic heterocycles. The van der Waals surface area contributed by atoms with Crippen molar-refractivity contribution in [2.75, 3.05) is 26.2 Å². The summed E-state index contributed by atoms with van der Waals surface area (Å²) in [5, 5.41) is 0. The second-order valence-electron chi connectivity index (χ2n) is 5.14. The molecule has 20 heavy (non-hydrogen) atoms. The number of pyridine rings is 1. The van der Waals surface area contributed by atoms with Crippen LogP contribution in [0, 0.1) is 5.92 Å². The van der Waals surface area contributed by atoms with Crippen molar-refractivity contribution >= 4 is 27.7 Å². The molecular formula is C14H18BrN3O2. The van der Waals surface area contributed by atoms with Gasteiger partial charge in [0.2, 0.25) is 5.91 Å². The lowest BCUT2D eigenvalue weighted by atomic mass is 10.1. The third-order valence-electron chi connectivity index (χ3n) is 3.35. The largest absolute Gasteiger partial charge is 0.339 e. The Morgan fingerprint density at radius 2 is 1.80 bits per heavy atom. The van der Waals surface area contributed by atoms with Crippen LogP contribution in [0.4, 0.5) is 0 Å². The van der Waals surface area contributed by atoms with Gasteiger partial charge >= 0.3 is 0 Å². The summed E-state index contributed by atoms with van der Waals surface area (Å²) < 4.78 is 0.650. The van der Waals surface area contributed by atoms with Crippen molar-refractivity contribution < 1.29 is 9.59 Å². The molecule has 0 saturated carbocycles. The number of rotatable bonds is 2. The normalized spacial score (nSPS) is 15.6. The third kappa shape index (κ3) is 3.36. The number of piperazine rings is 1. The van der Waals surface area contributed by atoms with Crippen molar-refractivity contribution in [3.8, 4) is 0 Å². The third-order valence-corrected chi connectivity index (χ3v) is 3.78. The molecule has 1 aliphatic heterocycles.